The number of allylic oxidation sites excluding steroid dienone is 8. The molecule has 0 N–H and O–H groups in total. The van der Waals surface area contributed by atoms with E-state index >= 15 is 8.78 Å². The summed E-state index contributed by atoms with van der Waals surface area (Å²) in [5.74, 6) is -0.573. The quantitative estimate of drug-likeness (QED) is 0.169. The van der Waals surface area contributed by atoms with Gasteiger partial charge in [0, 0.05) is 0 Å². The molecule has 0 aromatic heterocycles. The molecular weight excluding hydrogens is 789 g/mol. The molecule has 5 heteroatoms. The summed E-state index contributed by atoms with van der Waals surface area (Å²) in [5, 5.41) is 0. The Labute approximate surface area is 335 Å². The number of fused-ring (bicyclic) bond motifs is 5. The van der Waals surface area contributed by atoms with E-state index in [-0.39, 0.29) is 52.7 Å². The van der Waals surface area contributed by atoms with Crippen molar-refractivity contribution in [1.82, 2.24) is 0 Å². The second-order valence-corrected chi connectivity index (χ2v) is 32.1. The first kappa shape index (κ1) is 40.7. The molecule has 0 spiro atoms. The predicted octanol–water partition coefficient (Wildman–Crippen LogP) is 12.8. The van der Waals surface area contributed by atoms with Gasteiger partial charge in [-0.15, -0.1) is 24.8 Å². The molecule has 4 aromatic rings. The zero-order chi connectivity index (χ0) is 37.4. The Hall–Kier alpha value is -2.97. The standard InChI is InChI=1S/C31H37.2C6H4F.C5H5.CH2.2ClH.Zr/c1-28(2,3)26-16-30(7,8)24-12-18-11-19-13-25-23(15-21(19)20(18)14-22(24)26)27(29(4,5)6)17-31(25,9)10;2*7-6-4-2-1-3-5-6;1-2-4-5-3-1;;;;/h12-16H,11H2,1-10H3;2*1-2,4-5H;1-3H,4H2;1H2;2*1H;. The van der Waals surface area contributed by atoms with Gasteiger partial charge in [0.1, 0.15) is 0 Å². The first-order valence-electron chi connectivity index (χ1n) is 18.9. The van der Waals surface area contributed by atoms with Crippen LogP contribution in [0.2, 0.25) is 0 Å². The Kier molecular flexibility index (Phi) is 9.63. The van der Waals surface area contributed by atoms with Gasteiger partial charge in [-0.2, -0.15) is 0 Å². The predicted molar refractivity (Wildman–Crippen MR) is 230 cm³/mol. The van der Waals surface area contributed by atoms with Crippen molar-refractivity contribution in [1.29, 1.82) is 0 Å². The molecule has 54 heavy (non-hydrogen) atoms. The molecule has 0 unspecified atom stereocenters. The number of hydrogen-bond acceptors (Lipinski definition) is 0. The molecular formula is C49H54Cl2F2Zr. The Morgan fingerprint density at radius 2 is 1.20 bits per heavy atom. The van der Waals surface area contributed by atoms with Gasteiger partial charge in [0.2, 0.25) is 0 Å². The van der Waals surface area contributed by atoms with Gasteiger partial charge < -0.3 is 0 Å². The Morgan fingerprint density at radius 3 is 1.69 bits per heavy atom. The molecule has 0 saturated heterocycles. The molecule has 0 bridgehead atoms. The average Bonchev–Trinajstić information content (AvgIpc) is 3.82. The van der Waals surface area contributed by atoms with Crippen LogP contribution in [0, 0.1) is 22.5 Å². The molecule has 4 aromatic carbocycles. The van der Waals surface area contributed by atoms with E-state index in [4.69, 9.17) is 4.21 Å². The number of hydrogen-bond donors (Lipinski definition) is 0. The van der Waals surface area contributed by atoms with Crippen LogP contribution in [0.1, 0.15) is 109 Å². The van der Waals surface area contributed by atoms with Crippen molar-refractivity contribution in [3.05, 3.63) is 149 Å². The van der Waals surface area contributed by atoms with Gasteiger partial charge in [-0.05, 0) is 0 Å². The van der Waals surface area contributed by atoms with Crippen LogP contribution in [-0.2, 0) is 35.5 Å². The van der Waals surface area contributed by atoms with Crippen LogP contribution < -0.4 is 6.54 Å². The van der Waals surface area contributed by atoms with Crippen molar-refractivity contribution in [2.24, 2.45) is 10.8 Å². The molecule has 282 valence electrons. The summed E-state index contributed by atoms with van der Waals surface area (Å²) in [6, 6.07) is 24.2. The van der Waals surface area contributed by atoms with Crippen molar-refractivity contribution in [3.8, 4) is 11.1 Å². The Balaban J connectivity index is 0.00000249. The van der Waals surface area contributed by atoms with Gasteiger partial charge in [-0.3, -0.25) is 0 Å². The fourth-order valence-corrected chi connectivity index (χ4v) is 29.0. The fraction of sp³-hybridized carbons (Fsp3) is 0.327. The minimum atomic E-state index is -5.41. The van der Waals surface area contributed by atoms with Gasteiger partial charge in [-0.1, -0.05) is 0 Å². The summed E-state index contributed by atoms with van der Waals surface area (Å²) in [6.07, 6.45) is 10.6. The van der Waals surface area contributed by atoms with Crippen molar-refractivity contribution in [3.63, 3.8) is 0 Å². The molecule has 8 rings (SSSR count). The SMILES string of the molecule is Cl.Cl.[CH2]=[Zr]([C]1=CC=CC1)([C]1=C(C(C)(C)C)c2cc3c(cc2C1(C)C)Cc1cc2c(cc1-3)C(C(C)(C)C)=CC2(C)C)([c]1cccc(F)c1)[c]1cccc(F)c1. The average molecular weight is 843 g/mol. The van der Waals surface area contributed by atoms with E-state index in [1.807, 2.05) is 12.1 Å². The van der Waals surface area contributed by atoms with E-state index in [1.54, 1.807) is 12.1 Å². The van der Waals surface area contributed by atoms with Gasteiger partial charge >= 0.3 is 313 Å². The molecule has 4 aliphatic carbocycles. The summed E-state index contributed by atoms with van der Waals surface area (Å²) in [6.45, 7) is 23.3. The van der Waals surface area contributed by atoms with Crippen molar-refractivity contribution in [2.45, 2.75) is 92.9 Å². The fourth-order valence-electron chi connectivity index (χ4n) is 10.7. The van der Waals surface area contributed by atoms with Gasteiger partial charge in [-0.25, -0.2) is 0 Å². The zero-order valence-corrected chi connectivity index (χ0v) is 37.5. The molecule has 0 aliphatic heterocycles. The van der Waals surface area contributed by atoms with Crippen molar-refractivity contribution < 1.29 is 27.1 Å². The molecule has 0 amide bonds. The maximum atomic E-state index is 15.6. The Morgan fingerprint density at radius 1 is 0.667 bits per heavy atom. The summed E-state index contributed by atoms with van der Waals surface area (Å²) >= 11 is -5.41. The normalized spacial score (nSPS) is 17.9. The van der Waals surface area contributed by atoms with Crippen LogP contribution in [-0.4, -0.2) is 4.21 Å². The second-order valence-electron chi connectivity index (χ2n) is 19.2. The summed E-state index contributed by atoms with van der Waals surface area (Å²) in [5.41, 5.74) is 12.7. The Bertz CT molecular complexity index is 2400. The molecule has 0 nitrogen and oxygen atoms in total. The van der Waals surface area contributed by atoms with E-state index < -0.39 is 23.7 Å². The molecule has 0 atom stereocenters. The van der Waals surface area contributed by atoms with Gasteiger partial charge in [0.05, 0.1) is 0 Å². The molecule has 4 aliphatic rings. The summed E-state index contributed by atoms with van der Waals surface area (Å²) in [4.78, 5) is 0. The summed E-state index contributed by atoms with van der Waals surface area (Å²) in [7, 11) is 0. The number of rotatable bonds is 4. The molecule has 0 radical (unpaired) electrons. The number of benzene rings is 4. The third-order valence-corrected chi connectivity index (χ3v) is 30.0. The van der Waals surface area contributed by atoms with Crippen molar-refractivity contribution >= 4 is 46.7 Å². The minimum absolute atomic E-state index is 0. The van der Waals surface area contributed by atoms with E-state index in [0.29, 0.717) is 6.42 Å². The molecule has 0 heterocycles. The van der Waals surface area contributed by atoms with Crippen LogP contribution in [0.15, 0.2) is 104 Å². The van der Waals surface area contributed by atoms with Gasteiger partial charge in [0.25, 0.3) is 0 Å². The van der Waals surface area contributed by atoms with E-state index in [1.165, 1.54) is 74.3 Å². The van der Waals surface area contributed by atoms with Crippen LogP contribution >= 0.6 is 24.8 Å². The first-order valence-corrected chi connectivity index (χ1v) is 25.6. The van der Waals surface area contributed by atoms with Crippen molar-refractivity contribution in [2.75, 3.05) is 0 Å². The molecule has 0 fully saturated rings. The molecule has 0 saturated carbocycles. The van der Waals surface area contributed by atoms with E-state index in [0.717, 1.165) is 13.0 Å². The first-order chi connectivity index (χ1) is 24.2. The maximum absolute atomic E-state index is 15.6. The van der Waals surface area contributed by atoms with Crippen LogP contribution in [0.3, 0.4) is 0 Å². The second kappa shape index (κ2) is 12.8. The van der Waals surface area contributed by atoms with E-state index in [2.05, 4.69) is 130 Å². The summed E-state index contributed by atoms with van der Waals surface area (Å²) < 4.78 is 41.2. The monoisotopic (exact) mass is 840 g/mol. The number of halogens is 4. The third-order valence-electron chi connectivity index (χ3n) is 13.0. The zero-order valence-electron chi connectivity index (χ0n) is 33.4. The topological polar surface area (TPSA) is 0 Å². The van der Waals surface area contributed by atoms with Crippen LogP contribution in [0.25, 0.3) is 22.3 Å². The third kappa shape index (κ3) is 5.53. The van der Waals surface area contributed by atoms with Crippen LogP contribution in [0.4, 0.5) is 8.78 Å². The van der Waals surface area contributed by atoms with E-state index in [9.17, 15) is 0 Å². The van der Waals surface area contributed by atoms with Crippen LogP contribution in [0.5, 0.6) is 0 Å². The van der Waals surface area contributed by atoms with Gasteiger partial charge in [0.15, 0.2) is 0 Å².